The first kappa shape index (κ1) is 13.0. The highest BCUT2D eigenvalue weighted by atomic mass is 32.1. The molecule has 0 saturated carbocycles. The number of aliphatic hydroxyl groups is 1. The molecule has 0 bridgehead atoms. The van der Waals surface area contributed by atoms with E-state index in [2.05, 4.69) is 17.5 Å². The van der Waals surface area contributed by atoms with E-state index in [1.165, 1.54) is 9.40 Å². The average molecular weight is 315 g/mol. The summed E-state index contributed by atoms with van der Waals surface area (Å²) < 4.78 is 2.43. The fourth-order valence-electron chi connectivity index (χ4n) is 2.74. The molecule has 0 aliphatic carbocycles. The van der Waals surface area contributed by atoms with Crippen LogP contribution in [0.3, 0.4) is 0 Å². The molecule has 1 aliphatic heterocycles. The highest BCUT2D eigenvalue weighted by Gasteiger charge is 2.25. The molecular formula is C16H13NO2S2. The van der Waals surface area contributed by atoms with Gasteiger partial charge in [-0.25, -0.2) is 0 Å². The Morgan fingerprint density at radius 2 is 2.10 bits per heavy atom. The summed E-state index contributed by atoms with van der Waals surface area (Å²) in [6.45, 7) is 0. The maximum absolute atomic E-state index is 11.7. The lowest BCUT2D eigenvalue weighted by atomic mass is 10.0. The van der Waals surface area contributed by atoms with Gasteiger partial charge in [-0.05, 0) is 34.7 Å². The molecule has 1 unspecified atom stereocenters. The largest absolute Gasteiger partial charge is 0.383 e. The number of aliphatic hydroxyl groups excluding tert-OH is 1. The second-order valence-electron chi connectivity index (χ2n) is 5.22. The summed E-state index contributed by atoms with van der Waals surface area (Å²) in [5, 5.41) is 12.7. The Labute approximate surface area is 130 Å². The van der Waals surface area contributed by atoms with Crippen molar-refractivity contribution in [3.8, 4) is 0 Å². The van der Waals surface area contributed by atoms with Crippen molar-refractivity contribution in [1.82, 2.24) is 0 Å². The molecule has 5 heteroatoms. The zero-order valence-electron chi connectivity index (χ0n) is 11.4. The summed E-state index contributed by atoms with van der Waals surface area (Å²) >= 11 is 3.31. The molecule has 1 atom stereocenters. The second kappa shape index (κ2) is 4.66. The minimum absolute atomic E-state index is 0.105. The lowest BCUT2D eigenvalue weighted by molar-refractivity contribution is -0.117. The third kappa shape index (κ3) is 2.00. The summed E-state index contributed by atoms with van der Waals surface area (Å²) in [6.07, 6.45) is -0.202. The molecule has 1 amide bonds. The molecule has 21 heavy (non-hydrogen) atoms. The molecule has 1 aliphatic rings. The van der Waals surface area contributed by atoms with Gasteiger partial charge in [-0.15, -0.1) is 22.7 Å². The van der Waals surface area contributed by atoms with E-state index in [-0.39, 0.29) is 5.91 Å². The number of thiophene rings is 2. The maximum atomic E-state index is 11.7. The standard InChI is InChI=1S/C16H13NO2S2/c1-17-11-3-2-9(6-10(11)7-15(17)18)16(19)14-8-13-12(21-14)4-5-20-13/h2-6,8,16,19H,7H2,1H3. The smallest absolute Gasteiger partial charge is 0.231 e. The van der Waals surface area contributed by atoms with E-state index < -0.39 is 6.10 Å². The summed E-state index contributed by atoms with van der Waals surface area (Å²) in [7, 11) is 1.79. The molecule has 3 aromatic rings. The van der Waals surface area contributed by atoms with Crippen molar-refractivity contribution in [2.24, 2.45) is 0 Å². The quantitative estimate of drug-likeness (QED) is 0.785. The number of nitrogens with zero attached hydrogens (tertiary/aromatic N) is 1. The summed E-state index contributed by atoms with van der Waals surface area (Å²) in [6, 6.07) is 9.92. The first-order valence-corrected chi connectivity index (χ1v) is 8.37. The van der Waals surface area contributed by atoms with E-state index in [0.29, 0.717) is 6.42 Å². The van der Waals surface area contributed by atoms with E-state index in [9.17, 15) is 9.90 Å². The van der Waals surface area contributed by atoms with E-state index in [0.717, 1.165) is 21.7 Å². The van der Waals surface area contributed by atoms with E-state index in [4.69, 9.17) is 0 Å². The molecule has 1 N–H and O–H groups in total. The topological polar surface area (TPSA) is 40.5 Å². The van der Waals surface area contributed by atoms with Crippen molar-refractivity contribution in [3.05, 3.63) is 51.7 Å². The van der Waals surface area contributed by atoms with E-state index in [1.54, 1.807) is 34.6 Å². The van der Waals surface area contributed by atoms with Crippen LogP contribution in [0, 0.1) is 0 Å². The number of anilines is 1. The number of carbonyl (C=O) groups excluding carboxylic acids is 1. The molecule has 2 aromatic heterocycles. The number of likely N-dealkylation sites (N-methyl/N-ethyl adjacent to an activating group) is 1. The Hall–Kier alpha value is -1.69. The normalized spacial score (nSPS) is 15.7. The van der Waals surface area contributed by atoms with Crippen molar-refractivity contribution in [2.75, 3.05) is 11.9 Å². The van der Waals surface area contributed by atoms with Crippen molar-refractivity contribution >= 4 is 43.7 Å². The van der Waals surface area contributed by atoms with E-state index in [1.807, 2.05) is 18.2 Å². The Morgan fingerprint density at radius 3 is 2.90 bits per heavy atom. The third-order valence-corrected chi connectivity index (χ3v) is 6.07. The van der Waals surface area contributed by atoms with Crippen LogP contribution < -0.4 is 4.90 Å². The zero-order valence-corrected chi connectivity index (χ0v) is 13.0. The van der Waals surface area contributed by atoms with Crippen LogP contribution in [0.5, 0.6) is 0 Å². The summed E-state index contributed by atoms with van der Waals surface area (Å²) in [5.41, 5.74) is 2.80. The highest BCUT2D eigenvalue weighted by molar-refractivity contribution is 7.26. The average Bonchev–Trinajstić information content (AvgIpc) is 3.12. The first-order valence-electron chi connectivity index (χ1n) is 6.68. The number of fused-ring (bicyclic) bond motifs is 2. The zero-order chi connectivity index (χ0) is 14.6. The van der Waals surface area contributed by atoms with Crippen LogP contribution in [0.1, 0.15) is 22.1 Å². The predicted octanol–water partition coefficient (Wildman–Crippen LogP) is 3.56. The molecule has 1 aromatic carbocycles. The number of hydrogen-bond acceptors (Lipinski definition) is 4. The number of amides is 1. The molecule has 0 spiro atoms. The van der Waals surface area contributed by atoms with Crippen molar-refractivity contribution < 1.29 is 9.90 Å². The molecule has 106 valence electrons. The summed E-state index contributed by atoms with van der Waals surface area (Å²) in [4.78, 5) is 14.4. The number of benzene rings is 1. The molecule has 4 rings (SSSR count). The highest BCUT2D eigenvalue weighted by Crippen LogP contribution is 2.37. The third-order valence-electron chi connectivity index (χ3n) is 3.92. The minimum atomic E-state index is -0.624. The van der Waals surface area contributed by atoms with Gasteiger partial charge in [0.25, 0.3) is 0 Å². The Bertz CT molecular complexity index is 820. The molecule has 0 radical (unpaired) electrons. The fourth-order valence-corrected chi connectivity index (χ4v) is 4.88. The van der Waals surface area contributed by atoms with Gasteiger partial charge in [0.1, 0.15) is 6.10 Å². The number of rotatable bonds is 2. The Kier molecular flexibility index (Phi) is 2.89. The second-order valence-corrected chi connectivity index (χ2v) is 7.28. The summed E-state index contributed by atoms with van der Waals surface area (Å²) in [5.74, 6) is 0.105. The lowest BCUT2D eigenvalue weighted by Gasteiger charge is -2.13. The number of carbonyl (C=O) groups is 1. The molecule has 3 heterocycles. The Balaban J connectivity index is 1.72. The SMILES string of the molecule is CN1C(=O)Cc2cc(C(O)c3cc4sccc4s3)ccc21. The Morgan fingerprint density at radius 1 is 1.24 bits per heavy atom. The van der Waals surface area contributed by atoms with Gasteiger partial charge in [-0.1, -0.05) is 12.1 Å². The minimum Gasteiger partial charge on any atom is -0.383 e. The van der Waals surface area contributed by atoms with Gasteiger partial charge in [0.15, 0.2) is 0 Å². The van der Waals surface area contributed by atoms with Crippen LogP contribution in [-0.4, -0.2) is 18.1 Å². The van der Waals surface area contributed by atoms with Gasteiger partial charge in [-0.3, -0.25) is 4.79 Å². The molecular weight excluding hydrogens is 302 g/mol. The lowest BCUT2D eigenvalue weighted by Crippen LogP contribution is -2.20. The van der Waals surface area contributed by atoms with Gasteiger partial charge in [0.05, 0.1) is 6.42 Å². The van der Waals surface area contributed by atoms with Crippen LogP contribution in [0.15, 0.2) is 35.7 Å². The van der Waals surface area contributed by atoms with Crippen LogP contribution in [0.25, 0.3) is 9.40 Å². The van der Waals surface area contributed by atoms with Crippen LogP contribution in [0.2, 0.25) is 0 Å². The van der Waals surface area contributed by atoms with Crippen LogP contribution >= 0.6 is 22.7 Å². The molecule has 0 fully saturated rings. The maximum Gasteiger partial charge on any atom is 0.231 e. The fraction of sp³-hybridized carbons (Fsp3) is 0.188. The van der Waals surface area contributed by atoms with Crippen molar-refractivity contribution in [1.29, 1.82) is 0 Å². The van der Waals surface area contributed by atoms with Gasteiger partial charge in [-0.2, -0.15) is 0 Å². The molecule has 3 nitrogen and oxygen atoms in total. The first-order chi connectivity index (χ1) is 10.1. The molecule has 0 saturated heterocycles. The van der Waals surface area contributed by atoms with E-state index >= 15 is 0 Å². The van der Waals surface area contributed by atoms with Crippen LogP contribution in [0.4, 0.5) is 5.69 Å². The van der Waals surface area contributed by atoms with Gasteiger partial charge in [0, 0.05) is 27.0 Å². The van der Waals surface area contributed by atoms with Gasteiger partial charge >= 0.3 is 0 Å². The number of hydrogen-bond donors (Lipinski definition) is 1. The van der Waals surface area contributed by atoms with Gasteiger partial charge in [0.2, 0.25) is 5.91 Å². The van der Waals surface area contributed by atoms with Crippen molar-refractivity contribution in [2.45, 2.75) is 12.5 Å². The van der Waals surface area contributed by atoms with Crippen molar-refractivity contribution in [3.63, 3.8) is 0 Å². The van der Waals surface area contributed by atoms with Gasteiger partial charge < -0.3 is 10.0 Å². The monoisotopic (exact) mass is 315 g/mol. The predicted molar refractivity (Wildman–Crippen MR) is 87.3 cm³/mol. The van der Waals surface area contributed by atoms with Crippen LogP contribution in [-0.2, 0) is 11.2 Å².